The number of aliphatic hydroxyl groups is 1. The Morgan fingerprint density at radius 1 is 0.974 bits per heavy atom. The van der Waals surface area contributed by atoms with Crippen LogP contribution < -0.4 is 10.1 Å². The Hall–Kier alpha value is -3.91. The maximum Gasteiger partial charge on any atom is 0.348 e. The first-order chi connectivity index (χ1) is 18.3. The normalized spacial score (nSPS) is 22.6. The van der Waals surface area contributed by atoms with Crippen LogP contribution in [0.15, 0.2) is 95.3 Å². The molecule has 0 spiro atoms. The van der Waals surface area contributed by atoms with Crippen molar-refractivity contribution in [1.82, 2.24) is 10.2 Å². The van der Waals surface area contributed by atoms with Crippen molar-refractivity contribution in [2.45, 2.75) is 12.1 Å². The number of esters is 1. The van der Waals surface area contributed by atoms with Gasteiger partial charge in [0.15, 0.2) is 11.5 Å². The zero-order valence-corrected chi connectivity index (χ0v) is 21.3. The molecule has 9 heteroatoms. The molecule has 3 aromatic rings. The van der Waals surface area contributed by atoms with Crippen molar-refractivity contribution >= 4 is 40.7 Å². The van der Waals surface area contributed by atoms with E-state index in [-0.39, 0.29) is 33.0 Å². The van der Waals surface area contributed by atoms with E-state index in [9.17, 15) is 19.5 Å². The fraction of sp³-hybridized carbons (Fsp3) is 0.138. The molecule has 0 bridgehead atoms. The van der Waals surface area contributed by atoms with Crippen LogP contribution in [0, 0.1) is 0 Å². The molecule has 38 heavy (non-hydrogen) atoms. The molecule has 3 aromatic carbocycles. The van der Waals surface area contributed by atoms with Crippen LogP contribution in [-0.4, -0.2) is 40.6 Å². The van der Waals surface area contributed by atoms with Crippen LogP contribution in [0.4, 0.5) is 0 Å². The average molecular weight is 547 g/mol. The second kappa shape index (κ2) is 9.13. The fourth-order valence-electron chi connectivity index (χ4n) is 5.23. The molecule has 1 fully saturated rings. The van der Waals surface area contributed by atoms with Gasteiger partial charge in [-0.2, -0.15) is 0 Å². The Morgan fingerprint density at radius 3 is 2.42 bits per heavy atom. The lowest BCUT2D eigenvalue weighted by molar-refractivity contribution is -0.130. The van der Waals surface area contributed by atoms with Gasteiger partial charge >= 0.3 is 5.97 Å². The number of ketones is 2. The summed E-state index contributed by atoms with van der Waals surface area (Å²) in [5.74, 6) is -1.74. The van der Waals surface area contributed by atoms with E-state index in [1.807, 2.05) is 0 Å². The number of benzene rings is 3. The van der Waals surface area contributed by atoms with Gasteiger partial charge in [-0.15, -0.1) is 0 Å². The standard InChI is InChI=1S/C29H20Cl2N2O5/c30-18-9-7-16(8-10-18)25(34)22-24(23-26(35)20-15-19(31)11-12-21(20)38-28(23)36)29(37,17-5-2-1-3-6-17)33-14-4-13-32-27(22)33/h1-3,5-12,15,32,37H,4,13-14H2. The molecule has 0 aliphatic carbocycles. The van der Waals surface area contributed by atoms with Gasteiger partial charge in [-0.3, -0.25) is 9.59 Å². The molecule has 3 aliphatic rings. The summed E-state index contributed by atoms with van der Waals surface area (Å²) in [4.78, 5) is 43.1. The first-order valence-corrected chi connectivity index (χ1v) is 12.7. The lowest BCUT2D eigenvalue weighted by Crippen LogP contribution is -2.50. The third-order valence-electron chi connectivity index (χ3n) is 6.93. The Balaban J connectivity index is 1.68. The van der Waals surface area contributed by atoms with Crippen molar-refractivity contribution in [1.29, 1.82) is 0 Å². The number of carbonyl (C=O) groups is 3. The van der Waals surface area contributed by atoms with Crippen molar-refractivity contribution in [3.63, 3.8) is 0 Å². The second-order valence-electron chi connectivity index (χ2n) is 9.14. The van der Waals surface area contributed by atoms with E-state index in [1.54, 1.807) is 59.5 Å². The van der Waals surface area contributed by atoms with E-state index in [0.717, 1.165) is 0 Å². The molecule has 7 nitrogen and oxygen atoms in total. The van der Waals surface area contributed by atoms with E-state index >= 15 is 0 Å². The molecular formula is C29H20Cl2N2O5. The Labute approximate surface area is 227 Å². The van der Waals surface area contributed by atoms with Gasteiger partial charge in [-0.1, -0.05) is 53.5 Å². The highest BCUT2D eigenvalue weighted by Crippen LogP contribution is 2.50. The van der Waals surface area contributed by atoms with Crippen molar-refractivity contribution in [2.24, 2.45) is 0 Å². The van der Waals surface area contributed by atoms with Crippen LogP contribution in [-0.2, 0) is 10.5 Å². The minimum absolute atomic E-state index is 0.0177. The summed E-state index contributed by atoms with van der Waals surface area (Å²) in [6, 6.07) is 19.3. The van der Waals surface area contributed by atoms with Crippen molar-refractivity contribution in [3.05, 3.63) is 122 Å². The van der Waals surface area contributed by atoms with Crippen LogP contribution in [0.25, 0.3) is 0 Å². The summed E-state index contributed by atoms with van der Waals surface area (Å²) in [7, 11) is 0. The van der Waals surface area contributed by atoms with Gasteiger partial charge in [0.25, 0.3) is 0 Å². The van der Waals surface area contributed by atoms with Gasteiger partial charge in [0.05, 0.1) is 11.1 Å². The minimum atomic E-state index is -2.01. The number of carbonyl (C=O) groups excluding carboxylic acids is 3. The molecule has 2 N–H and O–H groups in total. The smallest absolute Gasteiger partial charge is 0.348 e. The van der Waals surface area contributed by atoms with E-state index in [2.05, 4.69) is 5.32 Å². The average Bonchev–Trinajstić information content (AvgIpc) is 3.19. The number of Topliss-reactive ketones (excluding diaryl/α,β-unsaturated/α-hetero) is 2. The summed E-state index contributed by atoms with van der Waals surface area (Å²) in [6.07, 6.45) is 0.653. The predicted octanol–water partition coefficient (Wildman–Crippen LogP) is 4.64. The van der Waals surface area contributed by atoms with Crippen molar-refractivity contribution in [2.75, 3.05) is 13.1 Å². The lowest BCUT2D eigenvalue weighted by Gasteiger charge is -2.41. The predicted molar refractivity (Wildman–Crippen MR) is 141 cm³/mol. The van der Waals surface area contributed by atoms with E-state index in [4.69, 9.17) is 27.9 Å². The first-order valence-electron chi connectivity index (χ1n) is 12.0. The number of hydrogen-bond donors (Lipinski definition) is 2. The fourth-order valence-corrected chi connectivity index (χ4v) is 5.52. The Kier molecular flexibility index (Phi) is 5.87. The molecule has 6 rings (SSSR count). The van der Waals surface area contributed by atoms with Gasteiger partial charge in [0.2, 0.25) is 5.78 Å². The number of halogens is 2. The second-order valence-corrected chi connectivity index (χ2v) is 10.0. The monoisotopic (exact) mass is 546 g/mol. The van der Waals surface area contributed by atoms with E-state index in [1.165, 1.54) is 18.2 Å². The number of nitrogens with one attached hydrogen (secondary N) is 1. The van der Waals surface area contributed by atoms with Crippen LogP contribution >= 0.6 is 23.2 Å². The molecule has 0 aromatic heterocycles. The molecule has 0 saturated carbocycles. The number of nitrogens with zero attached hydrogens (tertiary/aromatic N) is 1. The maximum atomic E-state index is 14.1. The van der Waals surface area contributed by atoms with Crippen molar-refractivity contribution < 1.29 is 24.2 Å². The zero-order valence-electron chi connectivity index (χ0n) is 19.8. The van der Waals surface area contributed by atoms with Gasteiger partial charge in [0, 0.05) is 39.8 Å². The van der Waals surface area contributed by atoms with Gasteiger partial charge in [-0.05, 0) is 48.9 Å². The van der Waals surface area contributed by atoms with Gasteiger partial charge < -0.3 is 20.1 Å². The van der Waals surface area contributed by atoms with E-state index in [0.29, 0.717) is 35.9 Å². The summed E-state index contributed by atoms with van der Waals surface area (Å²) < 4.78 is 5.54. The summed E-state index contributed by atoms with van der Waals surface area (Å²) in [5.41, 5.74) is -1.82. The highest BCUT2D eigenvalue weighted by atomic mass is 35.5. The molecule has 1 atom stereocenters. The van der Waals surface area contributed by atoms with Gasteiger partial charge in [-0.25, -0.2) is 4.79 Å². The minimum Gasteiger partial charge on any atom is -0.422 e. The quantitative estimate of drug-likeness (QED) is 0.162. The van der Waals surface area contributed by atoms with E-state index < -0.39 is 28.8 Å². The first kappa shape index (κ1) is 24.4. The third-order valence-corrected chi connectivity index (χ3v) is 7.41. The molecule has 0 amide bonds. The molecule has 3 aliphatic heterocycles. The molecule has 1 unspecified atom stereocenters. The molecule has 0 radical (unpaired) electrons. The maximum absolute atomic E-state index is 14.1. The molecule has 1 saturated heterocycles. The number of fused-ring (bicyclic) bond motifs is 2. The van der Waals surface area contributed by atoms with Crippen LogP contribution in [0.5, 0.6) is 5.75 Å². The van der Waals surface area contributed by atoms with Crippen LogP contribution in [0.3, 0.4) is 0 Å². The van der Waals surface area contributed by atoms with Crippen molar-refractivity contribution in [3.8, 4) is 5.75 Å². The molecule has 3 heterocycles. The zero-order chi connectivity index (χ0) is 26.6. The molecule has 190 valence electrons. The lowest BCUT2D eigenvalue weighted by atomic mass is 9.82. The van der Waals surface area contributed by atoms with Gasteiger partial charge in [0.1, 0.15) is 17.1 Å². The highest BCUT2D eigenvalue weighted by molar-refractivity contribution is 6.34. The number of rotatable bonds is 3. The topological polar surface area (TPSA) is 95.9 Å². The van der Waals surface area contributed by atoms with Crippen LogP contribution in [0.2, 0.25) is 10.0 Å². The summed E-state index contributed by atoms with van der Waals surface area (Å²) in [6.45, 7) is 0.904. The Morgan fingerprint density at radius 2 is 1.68 bits per heavy atom. The number of ether oxygens (including phenoxy) is 1. The summed E-state index contributed by atoms with van der Waals surface area (Å²) >= 11 is 12.2. The number of hydrogen-bond acceptors (Lipinski definition) is 7. The highest BCUT2D eigenvalue weighted by Gasteiger charge is 2.56. The molecular weight excluding hydrogens is 527 g/mol. The summed E-state index contributed by atoms with van der Waals surface area (Å²) in [5, 5.41) is 16.5. The largest absolute Gasteiger partial charge is 0.422 e. The van der Waals surface area contributed by atoms with Crippen LogP contribution in [0.1, 0.15) is 32.7 Å². The SMILES string of the molecule is O=C1Oc2ccc(Cl)cc2C(=O)C1=C1C(C(=O)c2ccc(Cl)cc2)=C2NCCCN2C1(O)c1ccccc1. The third kappa shape index (κ3) is 3.66. The Bertz CT molecular complexity index is 1580.